The average molecular weight is 424 g/mol. The van der Waals surface area contributed by atoms with Gasteiger partial charge in [0, 0.05) is 48.5 Å². The van der Waals surface area contributed by atoms with Gasteiger partial charge in [-0.3, -0.25) is 4.79 Å². The third kappa shape index (κ3) is 3.76. The first kappa shape index (κ1) is 19.4. The third-order valence-corrected chi connectivity index (χ3v) is 6.55. The third-order valence-electron chi connectivity index (χ3n) is 6.32. The van der Waals surface area contributed by atoms with Crippen LogP contribution >= 0.6 is 11.6 Å². The summed E-state index contributed by atoms with van der Waals surface area (Å²) in [6.07, 6.45) is 10.0. The Morgan fingerprint density at radius 2 is 2.03 bits per heavy atom. The van der Waals surface area contributed by atoms with Crippen LogP contribution in [0.5, 0.6) is 0 Å². The maximum absolute atomic E-state index is 12.7. The van der Waals surface area contributed by atoms with Gasteiger partial charge in [-0.25, -0.2) is 9.50 Å². The van der Waals surface area contributed by atoms with Gasteiger partial charge in [-0.2, -0.15) is 5.10 Å². The summed E-state index contributed by atoms with van der Waals surface area (Å²) in [4.78, 5) is 19.7. The van der Waals surface area contributed by atoms with Gasteiger partial charge in [0.1, 0.15) is 5.52 Å². The summed E-state index contributed by atoms with van der Waals surface area (Å²) in [7, 11) is 0. The van der Waals surface area contributed by atoms with Crippen molar-refractivity contribution in [3.63, 3.8) is 0 Å². The predicted molar refractivity (Wildman–Crippen MR) is 118 cm³/mol. The molecule has 156 valence electrons. The number of benzene rings is 1. The lowest BCUT2D eigenvalue weighted by molar-refractivity contribution is -0.125. The normalized spacial score (nSPS) is 17.2. The van der Waals surface area contributed by atoms with Gasteiger partial charge in [-0.05, 0) is 56.2 Å². The zero-order valence-electron chi connectivity index (χ0n) is 17.0. The summed E-state index contributed by atoms with van der Waals surface area (Å²) in [5.41, 5.74) is 4.78. The minimum absolute atomic E-state index is 0.0407. The lowest BCUT2D eigenvalue weighted by Crippen LogP contribution is -2.40. The summed E-state index contributed by atoms with van der Waals surface area (Å²) >= 11 is 6.03. The van der Waals surface area contributed by atoms with Crippen molar-refractivity contribution < 1.29 is 4.79 Å². The van der Waals surface area contributed by atoms with E-state index >= 15 is 0 Å². The van der Waals surface area contributed by atoms with Gasteiger partial charge in [0.05, 0.1) is 5.69 Å². The number of nitrogens with one attached hydrogen (secondary N) is 1. The minimum Gasteiger partial charge on any atom is -0.355 e. The maximum atomic E-state index is 12.7. The molecule has 1 N–H and O–H groups in total. The van der Waals surface area contributed by atoms with E-state index in [9.17, 15) is 4.79 Å². The van der Waals surface area contributed by atoms with Crippen LogP contribution in [0.15, 0.2) is 36.7 Å². The highest BCUT2D eigenvalue weighted by Crippen LogP contribution is 2.32. The van der Waals surface area contributed by atoms with Crippen molar-refractivity contribution in [1.29, 1.82) is 0 Å². The molecule has 2 aliphatic rings. The molecule has 0 radical (unpaired) electrons. The van der Waals surface area contributed by atoms with Crippen LogP contribution in [0.4, 0.5) is 5.82 Å². The van der Waals surface area contributed by atoms with Crippen molar-refractivity contribution in [2.75, 3.05) is 18.0 Å². The molecule has 0 saturated carbocycles. The van der Waals surface area contributed by atoms with Crippen molar-refractivity contribution in [3.05, 3.63) is 58.5 Å². The average Bonchev–Trinajstić information content (AvgIpc) is 3.16. The van der Waals surface area contributed by atoms with Crippen molar-refractivity contribution in [2.45, 2.75) is 45.1 Å². The largest absolute Gasteiger partial charge is 0.355 e. The van der Waals surface area contributed by atoms with E-state index in [1.807, 2.05) is 41.2 Å². The van der Waals surface area contributed by atoms with Crippen LogP contribution in [0.1, 0.15) is 42.5 Å². The van der Waals surface area contributed by atoms with Gasteiger partial charge in [0.2, 0.25) is 5.91 Å². The van der Waals surface area contributed by atoms with E-state index < -0.39 is 0 Å². The Kier molecular flexibility index (Phi) is 5.34. The van der Waals surface area contributed by atoms with Crippen LogP contribution in [-0.2, 0) is 24.2 Å². The molecule has 0 unspecified atom stereocenters. The first-order valence-corrected chi connectivity index (χ1v) is 11.2. The number of halogens is 1. The molecule has 5 rings (SSSR count). The Morgan fingerprint density at radius 3 is 2.87 bits per heavy atom. The highest BCUT2D eigenvalue weighted by Gasteiger charge is 2.28. The number of hydrogen-bond acceptors (Lipinski definition) is 4. The van der Waals surface area contributed by atoms with Gasteiger partial charge < -0.3 is 10.2 Å². The zero-order chi connectivity index (χ0) is 20.5. The standard InChI is InChI=1S/C23H26ClN5O/c24-18-5-3-4-16(14-18)15-26-23(30)17-8-11-28(12-9-17)22-21-19-6-1-2-7-20(19)27-29(21)13-10-25-22/h3-5,10,13-14,17H,1-2,6-9,11-12,15H2,(H,26,30). The first-order valence-electron chi connectivity index (χ1n) is 10.8. The number of piperidine rings is 1. The molecule has 0 atom stereocenters. The van der Waals surface area contributed by atoms with Crippen LogP contribution < -0.4 is 10.2 Å². The SMILES string of the molecule is O=C(NCc1cccc(Cl)c1)C1CCN(c2nccn3nc4c(c23)CCCC4)CC1. The highest BCUT2D eigenvalue weighted by atomic mass is 35.5. The minimum atomic E-state index is 0.0407. The topological polar surface area (TPSA) is 62.5 Å². The fourth-order valence-electron chi connectivity index (χ4n) is 4.71. The first-order chi connectivity index (χ1) is 14.7. The Balaban J connectivity index is 1.25. The molecule has 1 amide bonds. The smallest absolute Gasteiger partial charge is 0.223 e. The predicted octanol–water partition coefficient (Wildman–Crippen LogP) is 3.79. The second-order valence-corrected chi connectivity index (χ2v) is 8.72. The number of nitrogens with zero attached hydrogens (tertiary/aromatic N) is 4. The van der Waals surface area contributed by atoms with Crippen molar-refractivity contribution >= 4 is 28.8 Å². The number of fused-ring (bicyclic) bond motifs is 3. The summed E-state index contributed by atoms with van der Waals surface area (Å²) < 4.78 is 2.00. The van der Waals surface area contributed by atoms with E-state index in [0.29, 0.717) is 11.6 Å². The molecule has 1 aromatic carbocycles. The lowest BCUT2D eigenvalue weighted by atomic mass is 9.94. The fourth-order valence-corrected chi connectivity index (χ4v) is 4.92. The molecular weight excluding hydrogens is 398 g/mol. The number of carbonyl (C=O) groups is 1. The van der Waals surface area contributed by atoms with E-state index in [0.717, 1.165) is 55.7 Å². The zero-order valence-corrected chi connectivity index (χ0v) is 17.7. The highest BCUT2D eigenvalue weighted by molar-refractivity contribution is 6.30. The number of hydrogen-bond donors (Lipinski definition) is 1. The molecule has 30 heavy (non-hydrogen) atoms. The summed E-state index contributed by atoms with van der Waals surface area (Å²) in [5.74, 6) is 1.19. The molecule has 7 heteroatoms. The number of rotatable bonds is 4. The van der Waals surface area contributed by atoms with Crippen LogP contribution in [0.3, 0.4) is 0 Å². The Labute approximate surface area is 181 Å². The Bertz CT molecular complexity index is 1070. The lowest BCUT2D eigenvalue weighted by Gasteiger charge is -2.32. The van der Waals surface area contributed by atoms with Gasteiger partial charge >= 0.3 is 0 Å². The summed E-state index contributed by atoms with van der Waals surface area (Å²) in [6, 6.07) is 7.62. The van der Waals surface area contributed by atoms with Crippen molar-refractivity contribution in [2.24, 2.45) is 5.92 Å². The molecule has 2 aromatic heterocycles. The van der Waals surface area contributed by atoms with Gasteiger partial charge in [0.15, 0.2) is 5.82 Å². The van der Waals surface area contributed by atoms with Crippen LogP contribution in [0.25, 0.3) is 5.52 Å². The van der Waals surface area contributed by atoms with Crippen LogP contribution in [0.2, 0.25) is 5.02 Å². The fraction of sp³-hybridized carbons (Fsp3) is 0.435. The summed E-state index contributed by atoms with van der Waals surface area (Å²) in [5, 5.41) is 8.55. The maximum Gasteiger partial charge on any atom is 0.223 e. The van der Waals surface area contributed by atoms with E-state index in [1.54, 1.807) is 0 Å². The molecule has 6 nitrogen and oxygen atoms in total. The molecule has 0 spiro atoms. The molecule has 1 aliphatic carbocycles. The Morgan fingerprint density at radius 1 is 1.20 bits per heavy atom. The van der Waals surface area contributed by atoms with E-state index in [-0.39, 0.29) is 11.8 Å². The second kappa shape index (κ2) is 8.26. The monoisotopic (exact) mass is 423 g/mol. The van der Waals surface area contributed by atoms with E-state index in [4.69, 9.17) is 21.7 Å². The Hall–Kier alpha value is -2.60. The van der Waals surface area contributed by atoms with E-state index in [1.165, 1.54) is 24.1 Å². The molecule has 0 bridgehead atoms. The molecule has 1 saturated heterocycles. The van der Waals surface area contributed by atoms with Gasteiger partial charge in [-0.15, -0.1) is 0 Å². The van der Waals surface area contributed by atoms with Gasteiger partial charge in [-0.1, -0.05) is 23.7 Å². The van der Waals surface area contributed by atoms with E-state index in [2.05, 4.69) is 10.2 Å². The van der Waals surface area contributed by atoms with Crippen LogP contribution in [0, 0.1) is 5.92 Å². The molecular formula is C23H26ClN5O. The molecule has 1 fully saturated rings. The van der Waals surface area contributed by atoms with Crippen molar-refractivity contribution in [1.82, 2.24) is 19.9 Å². The molecule has 3 aromatic rings. The number of aryl methyl sites for hydroxylation is 2. The molecule has 3 heterocycles. The number of amides is 1. The number of anilines is 1. The number of carbonyl (C=O) groups excluding carboxylic acids is 1. The number of aromatic nitrogens is 3. The quantitative estimate of drug-likeness (QED) is 0.693. The van der Waals surface area contributed by atoms with Crippen LogP contribution in [-0.4, -0.2) is 33.6 Å². The second-order valence-electron chi connectivity index (χ2n) is 8.29. The van der Waals surface area contributed by atoms with Crippen molar-refractivity contribution in [3.8, 4) is 0 Å². The summed E-state index contributed by atoms with van der Waals surface area (Å²) in [6.45, 7) is 2.19. The van der Waals surface area contributed by atoms with Gasteiger partial charge in [0.25, 0.3) is 0 Å². The molecule has 1 aliphatic heterocycles.